The van der Waals surface area contributed by atoms with E-state index in [1.807, 2.05) is 24.4 Å². The molecule has 2 rings (SSSR count). The van der Waals surface area contributed by atoms with Crippen LogP contribution >= 0.6 is 11.3 Å². The molecule has 0 atom stereocenters. The first kappa shape index (κ1) is 13.3. The molecule has 0 aliphatic heterocycles. The number of nitrogens with zero attached hydrogens (tertiary/aromatic N) is 1. The third-order valence-corrected chi connectivity index (χ3v) is 3.09. The Morgan fingerprint density at radius 3 is 3.11 bits per heavy atom. The van der Waals surface area contributed by atoms with Crippen LogP contribution in [0, 0.1) is 0 Å². The third kappa shape index (κ3) is 3.93. The van der Waals surface area contributed by atoms with Crippen LogP contribution in [-0.2, 0) is 4.79 Å². The number of nitrogens with one attached hydrogen (secondary N) is 1. The molecule has 1 N–H and O–H groups in total. The van der Waals surface area contributed by atoms with E-state index in [1.165, 1.54) is 6.08 Å². The molecule has 4 nitrogen and oxygen atoms in total. The van der Waals surface area contributed by atoms with E-state index in [2.05, 4.69) is 10.3 Å². The first-order valence-electron chi connectivity index (χ1n) is 5.90. The van der Waals surface area contributed by atoms with Gasteiger partial charge in [0, 0.05) is 17.2 Å². The summed E-state index contributed by atoms with van der Waals surface area (Å²) in [5.74, 6) is 0.227. The van der Waals surface area contributed by atoms with E-state index in [4.69, 9.17) is 4.74 Å². The van der Waals surface area contributed by atoms with Crippen LogP contribution in [0.5, 0.6) is 5.88 Å². The highest BCUT2D eigenvalue weighted by Gasteiger charge is 2.05. The third-order valence-electron chi connectivity index (χ3n) is 2.25. The molecule has 2 aromatic rings. The van der Waals surface area contributed by atoms with Crippen molar-refractivity contribution in [3.63, 3.8) is 0 Å². The Hall–Kier alpha value is -2.14. The largest absolute Gasteiger partial charge is 0.476 e. The van der Waals surface area contributed by atoms with E-state index in [0.717, 1.165) is 4.88 Å². The van der Waals surface area contributed by atoms with Gasteiger partial charge in [-0.25, -0.2) is 4.98 Å². The molecule has 1 amide bonds. The summed E-state index contributed by atoms with van der Waals surface area (Å²) in [6.07, 6.45) is 4.90. The van der Waals surface area contributed by atoms with Crippen LogP contribution in [0.15, 0.2) is 41.9 Å². The lowest BCUT2D eigenvalue weighted by Gasteiger charge is -2.08. The second-order valence-electron chi connectivity index (χ2n) is 3.63. The molecule has 2 heterocycles. The van der Waals surface area contributed by atoms with Gasteiger partial charge in [0.1, 0.15) is 5.69 Å². The zero-order valence-corrected chi connectivity index (χ0v) is 11.3. The summed E-state index contributed by atoms with van der Waals surface area (Å²) in [5.41, 5.74) is 0.574. The maximum absolute atomic E-state index is 11.8. The number of carbonyl (C=O) groups is 1. The van der Waals surface area contributed by atoms with Crippen molar-refractivity contribution in [2.75, 3.05) is 11.9 Å². The average Bonchev–Trinajstić information content (AvgIpc) is 2.92. The highest BCUT2D eigenvalue weighted by atomic mass is 32.1. The van der Waals surface area contributed by atoms with Gasteiger partial charge in [0.25, 0.3) is 0 Å². The average molecular weight is 274 g/mol. The minimum Gasteiger partial charge on any atom is -0.476 e. The Kier molecular flexibility index (Phi) is 4.69. The molecule has 0 unspecified atom stereocenters. The number of rotatable bonds is 5. The van der Waals surface area contributed by atoms with Crippen LogP contribution in [-0.4, -0.2) is 17.5 Å². The molecule has 0 spiro atoms. The second kappa shape index (κ2) is 6.70. The van der Waals surface area contributed by atoms with Crippen LogP contribution in [0.1, 0.15) is 11.8 Å². The summed E-state index contributed by atoms with van der Waals surface area (Å²) in [7, 11) is 0. The van der Waals surface area contributed by atoms with Crippen molar-refractivity contribution in [2.24, 2.45) is 0 Å². The van der Waals surface area contributed by atoms with Gasteiger partial charge in [0.2, 0.25) is 11.8 Å². The SMILES string of the molecule is CCOc1ncccc1NC(=O)/C=C/c1cccs1. The maximum atomic E-state index is 11.8. The van der Waals surface area contributed by atoms with E-state index in [-0.39, 0.29) is 5.91 Å². The fourth-order valence-corrected chi connectivity index (χ4v) is 2.07. The van der Waals surface area contributed by atoms with Crippen LogP contribution in [0.2, 0.25) is 0 Å². The molecule has 0 bridgehead atoms. The molecular weight excluding hydrogens is 260 g/mol. The zero-order valence-electron chi connectivity index (χ0n) is 10.5. The molecule has 5 heteroatoms. The van der Waals surface area contributed by atoms with Crippen LogP contribution in [0.3, 0.4) is 0 Å². The molecule has 0 saturated carbocycles. The molecule has 19 heavy (non-hydrogen) atoms. The summed E-state index contributed by atoms with van der Waals surface area (Å²) in [6.45, 7) is 2.38. The minimum atomic E-state index is -0.206. The lowest BCUT2D eigenvalue weighted by Crippen LogP contribution is -2.10. The number of carbonyl (C=O) groups excluding carboxylic acids is 1. The highest BCUT2D eigenvalue weighted by molar-refractivity contribution is 7.10. The van der Waals surface area contributed by atoms with Crippen LogP contribution in [0.25, 0.3) is 6.08 Å². The van der Waals surface area contributed by atoms with Crippen molar-refractivity contribution in [2.45, 2.75) is 6.92 Å². The van der Waals surface area contributed by atoms with E-state index < -0.39 is 0 Å². The molecular formula is C14H14N2O2S. The van der Waals surface area contributed by atoms with E-state index >= 15 is 0 Å². The molecule has 0 fully saturated rings. The van der Waals surface area contributed by atoms with Gasteiger partial charge in [-0.05, 0) is 36.6 Å². The summed E-state index contributed by atoms with van der Waals surface area (Å²) in [5, 5.41) is 4.71. The molecule has 0 aliphatic carbocycles. The fourth-order valence-electron chi connectivity index (χ4n) is 1.46. The topological polar surface area (TPSA) is 51.2 Å². The standard InChI is InChI=1S/C14H14N2O2S/c1-2-18-14-12(6-3-9-15-14)16-13(17)8-7-11-5-4-10-19-11/h3-10H,2H2,1H3,(H,16,17)/b8-7+. The minimum absolute atomic E-state index is 0.206. The Bertz CT molecular complexity index is 565. The highest BCUT2D eigenvalue weighted by Crippen LogP contribution is 2.20. The lowest BCUT2D eigenvalue weighted by molar-refractivity contribution is -0.111. The van der Waals surface area contributed by atoms with Gasteiger partial charge in [-0.2, -0.15) is 0 Å². The van der Waals surface area contributed by atoms with Gasteiger partial charge < -0.3 is 10.1 Å². The Morgan fingerprint density at radius 1 is 1.47 bits per heavy atom. The number of hydrogen-bond acceptors (Lipinski definition) is 4. The number of pyridine rings is 1. The van der Waals surface area contributed by atoms with E-state index in [1.54, 1.807) is 35.7 Å². The first-order valence-corrected chi connectivity index (χ1v) is 6.78. The van der Waals surface area contributed by atoms with Crippen molar-refractivity contribution >= 4 is 29.0 Å². The van der Waals surface area contributed by atoms with Gasteiger partial charge in [-0.3, -0.25) is 4.79 Å². The maximum Gasteiger partial charge on any atom is 0.248 e. The molecule has 0 radical (unpaired) electrons. The van der Waals surface area contributed by atoms with Gasteiger partial charge in [0.05, 0.1) is 6.61 Å². The van der Waals surface area contributed by atoms with Crippen molar-refractivity contribution in [1.29, 1.82) is 0 Å². The molecule has 0 aliphatic rings. The molecule has 98 valence electrons. The number of thiophene rings is 1. The summed E-state index contributed by atoms with van der Waals surface area (Å²) < 4.78 is 5.34. The Labute approximate surface area is 115 Å². The van der Waals surface area contributed by atoms with Crippen molar-refractivity contribution in [1.82, 2.24) is 4.98 Å². The Balaban J connectivity index is 2.02. The van der Waals surface area contributed by atoms with Gasteiger partial charge in [-0.15, -0.1) is 11.3 Å². The fraction of sp³-hybridized carbons (Fsp3) is 0.143. The van der Waals surface area contributed by atoms with Gasteiger partial charge >= 0.3 is 0 Å². The zero-order chi connectivity index (χ0) is 13.5. The Morgan fingerprint density at radius 2 is 2.37 bits per heavy atom. The number of anilines is 1. The van der Waals surface area contributed by atoms with Gasteiger partial charge in [0.15, 0.2) is 0 Å². The van der Waals surface area contributed by atoms with Gasteiger partial charge in [-0.1, -0.05) is 6.07 Å². The van der Waals surface area contributed by atoms with Crippen LogP contribution < -0.4 is 10.1 Å². The summed E-state index contributed by atoms with van der Waals surface area (Å²) >= 11 is 1.58. The number of ether oxygens (including phenoxy) is 1. The second-order valence-corrected chi connectivity index (χ2v) is 4.61. The normalized spacial score (nSPS) is 10.6. The smallest absolute Gasteiger partial charge is 0.248 e. The molecule has 2 aromatic heterocycles. The monoisotopic (exact) mass is 274 g/mol. The number of aromatic nitrogens is 1. The lowest BCUT2D eigenvalue weighted by atomic mass is 10.3. The number of hydrogen-bond donors (Lipinski definition) is 1. The summed E-state index contributed by atoms with van der Waals surface area (Å²) in [6, 6.07) is 7.40. The van der Waals surface area contributed by atoms with E-state index in [0.29, 0.717) is 18.2 Å². The van der Waals surface area contributed by atoms with Crippen molar-refractivity contribution in [3.8, 4) is 5.88 Å². The van der Waals surface area contributed by atoms with Crippen LogP contribution in [0.4, 0.5) is 5.69 Å². The van der Waals surface area contributed by atoms with Crippen molar-refractivity contribution < 1.29 is 9.53 Å². The van der Waals surface area contributed by atoms with Crippen molar-refractivity contribution in [3.05, 3.63) is 46.8 Å². The van der Waals surface area contributed by atoms with E-state index in [9.17, 15) is 4.79 Å². The number of amides is 1. The predicted molar refractivity (Wildman–Crippen MR) is 77.4 cm³/mol. The predicted octanol–water partition coefficient (Wildman–Crippen LogP) is 3.19. The quantitative estimate of drug-likeness (QED) is 0.852. The summed E-state index contributed by atoms with van der Waals surface area (Å²) in [4.78, 5) is 16.9. The first-order chi connectivity index (χ1) is 9.29. The molecule has 0 saturated heterocycles. The molecule has 0 aromatic carbocycles.